The van der Waals surface area contributed by atoms with Crippen molar-refractivity contribution < 1.29 is 14.3 Å². The number of carbonyl (C=O) groups excluding carboxylic acids is 1. The summed E-state index contributed by atoms with van der Waals surface area (Å²) in [5, 5.41) is 5.70. The molecule has 0 fully saturated rings. The molecule has 2 unspecified atom stereocenters. The van der Waals surface area contributed by atoms with E-state index in [4.69, 9.17) is 9.47 Å². The van der Waals surface area contributed by atoms with Gasteiger partial charge in [0, 0.05) is 19.9 Å². The first kappa shape index (κ1) is 16.5. The number of rotatable bonds is 7. The van der Waals surface area contributed by atoms with Crippen LogP contribution in [0.3, 0.4) is 0 Å². The zero-order valence-electron chi connectivity index (χ0n) is 12.6. The summed E-state index contributed by atoms with van der Waals surface area (Å²) >= 11 is 0. The highest BCUT2D eigenvalue weighted by Gasteiger charge is 2.11. The lowest BCUT2D eigenvalue weighted by Gasteiger charge is -2.17. The molecule has 5 nitrogen and oxygen atoms in total. The normalized spacial score (nSPS) is 13.6. The molecule has 1 aromatic rings. The number of hydrogen-bond acceptors (Lipinski definition) is 3. The number of benzene rings is 1. The third-order valence-electron chi connectivity index (χ3n) is 3.16. The van der Waals surface area contributed by atoms with Gasteiger partial charge in [0.25, 0.3) is 0 Å². The first-order valence-electron chi connectivity index (χ1n) is 6.79. The van der Waals surface area contributed by atoms with E-state index in [-0.39, 0.29) is 18.2 Å². The van der Waals surface area contributed by atoms with Gasteiger partial charge in [-0.2, -0.15) is 0 Å². The van der Waals surface area contributed by atoms with Crippen molar-refractivity contribution in [2.75, 3.05) is 26.1 Å². The van der Waals surface area contributed by atoms with E-state index >= 15 is 0 Å². The molecule has 2 amide bonds. The smallest absolute Gasteiger partial charge is 0.319 e. The Morgan fingerprint density at radius 2 is 2.10 bits per heavy atom. The van der Waals surface area contributed by atoms with Crippen molar-refractivity contribution in [2.24, 2.45) is 0 Å². The quantitative estimate of drug-likeness (QED) is 0.807. The Morgan fingerprint density at radius 3 is 2.70 bits per heavy atom. The van der Waals surface area contributed by atoms with Crippen LogP contribution in [0.2, 0.25) is 0 Å². The van der Waals surface area contributed by atoms with Crippen LogP contribution < -0.4 is 10.6 Å². The molecule has 1 rings (SSSR count). The molecule has 0 heterocycles. The maximum absolute atomic E-state index is 11.9. The average Bonchev–Trinajstić information content (AvgIpc) is 2.46. The summed E-state index contributed by atoms with van der Waals surface area (Å²) < 4.78 is 10.3. The van der Waals surface area contributed by atoms with Gasteiger partial charge in [-0.25, -0.2) is 4.79 Å². The van der Waals surface area contributed by atoms with Crippen LogP contribution in [0.4, 0.5) is 10.5 Å². The Morgan fingerprint density at radius 1 is 1.35 bits per heavy atom. The molecule has 0 radical (unpaired) electrons. The van der Waals surface area contributed by atoms with E-state index in [9.17, 15) is 4.79 Å². The van der Waals surface area contributed by atoms with Gasteiger partial charge in [-0.05, 0) is 31.0 Å². The average molecular weight is 280 g/mol. The zero-order valence-corrected chi connectivity index (χ0v) is 12.6. The summed E-state index contributed by atoms with van der Waals surface area (Å²) in [4.78, 5) is 11.9. The number of ether oxygens (including phenoxy) is 2. The van der Waals surface area contributed by atoms with E-state index in [0.717, 1.165) is 17.7 Å². The van der Waals surface area contributed by atoms with Gasteiger partial charge < -0.3 is 20.1 Å². The van der Waals surface area contributed by atoms with Crippen molar-refractivity contribution in [1.82, 2.24) is 5.32 Å². The third-order valence-corrected chi connectivity index (χ3v) is 3.16. The Balaban J connectivity index is 2.61. The number of amides is 2. The number of carbonyl (C=O) groups is 1. The molecule has 0 saturated carbocycles. The van der Waals surface area contributed by atoms with Gasteiger partial charge in [-0.15, -0.1) is 0 Å². The second kappa shape index (κ2) is 8.55. The van der Waals surface area contributed by atoms with Crippen molar-refractivity contribution in [2.45, 2.75) is 32.4 Å². The number of hydrogen-bond donors (Lipinski definition) is 2. The maximum atomic E-state index is 11.9. The van der Waals surface area contributed by atoms with Crippen LogP contribution in [0.1, 0.15) is 31.9 Å². The van der Waals surface area contributed by atoms with E-state index in [1.807, 2.05) is 38.1 Å². The van der Waals surface area contributed by atoms with Gasteiger partial charge in [0.2, 0.25) is 0 Å². The fourth-order valence-electron chi connectivity index (χ4n) is 1.82. The molecule has 0 spiro atoms. The summed E-state index contributed by atoms with van der Waals surface area (Å²) in [6.45, 7) is 4.47. The van der Waals surface area contributed by atoms with E-state index in [1.165, 1.54) is 0 Å². The lowest BCUT2D eigenvalue weighted by atomic mass is 10.1. The van der Waals surface area contributed by atoms with Gasteiger partial charge in [-0.3, -0.25) is 0 Å². The molecular weight excluding hydrogens is 256 g/mol. The van der Waals surface area contributed by atoms with Crippen molar-refractivity contribution in [1.29, 1.82) is 0 Å². The van der Waals surface area contributed by atoms with Crippen LogP contribution in [0.15, 0.2) is 24.3 Å². The molecule has 112 valence electrons. The van der Waals surface area contributed by atoms with E-state index in [2.05, 4.69) is 10.6 Å². The zero-order chi connectivity index (χ0) is 15.0. The molecule has 0 aliphatic rings. The predicted octanol–water partition coefficient (Wildman–Crippen LogP) is 2.94. The minimum atomic E-state index is -0.226. The molecular formula is C15H24N2O3. The molecule has 1 aromatic carbocycles. The fourth-order valence-corrected chi connectivity index (χ4v) is 1.82. The fraction of sp³-hybridized carbons (Fsp3) is 0.533. The lowest BCUT2D eigenvalue weighted by Crippen LogP contribution is -2.40. The van der Waals surface area contributed by atoms with E-state index in [0.29, 0.717) is 6.61 Å². The lowest BCUT2D eigenvalue weighted by molar-refractivity contribution is 0.119. The topological polar surface area (TPSA) is 59.6 Å². The van der Waals surface area contributed by atoms with Crippen molar-refractivity contribution in [3.63, 3.8) is 0 Å². The summed E-state index contributed by atoms with van der Waals surface area (Å²) in [6, 6.07) is 7.41. The highest BCUT2D eigenvalue weighted by Crippen LogP contribution is 2.19. The van der Waals surface area contributed by atoms with Crippen LogP contribution in [-0.4, -0.2) is 32.9 Å². The molecule has 0 bridgehead atoms. The summed E-state index contributed by atoms with van der Waals surface area (Å²) in [5.41, 5.74) is 1.77. The third kappa shape index (κ3) is 5.19. The van der Waals surface area contributed by atoms with Gasteiger partial charge >= 0.3 is 6.03 Å². The molecule has 0 aliphatic heterocycles. The second-order valence-electron chi connectivity index (χ2n) is 4.66. The van der Waals surface area contributed by atoms with E-state index < -0.39 is 0 Å². The standard InChI is InChI=1S/C15H24N2O3/c1-5-13(10-19-3)16-15(18)17-14-8-6-7-12(9-14)11(2)20-4/h6-9,11,13H,5,10H2,1-4H3,(H2,16,17,18). The molecule has 2 N–H and O–H groups in total. The predicted molar refractivity (Wildman–Crippen MR) is 80.0 cm³/mol. The number of methoxy groups -OCH3 is 2. The van der Waals surface area contributed by atoms with Crippen LogP contribution >= 0.6 is 0 Å². The number of urea groups is 1. The molecule has 5 heteroatoms. The van der Waals surface area contributed by atoms with Gasteiger partial charge in [0.1, 0.15) is 0 Å². The maximum Gasteiger partial charge on any atom is 0.319 e. The number of anilines is 1. The van der Waals surface area contributed by atoms with E-state index in [1.54, 1.807) is 14.2 Å². The summed E-state index contributed by atoms with van der Waals surface area (Å²) in [6.07, 6.45) is 0.818. The molecule has 0 saturated heterocycles. The van der Waals surface area contributed by atoms with Gasteiger partial charge in [0.05, 0.1) is 18.8 Å². The Labute approximate surface area is 120 Å². The molecule has 2 atom stereocenters. The van der Waals surface area contributed by atoms with Crippen molar-refractivity contribution in [3.8, 4) is 0 Å². The second-order valence-corrected chi connectivity index (χ2v) is 4.66. The highest BCUT2D eigenvalue weighted by atomic mass is 16.5. The monoisotopic (exact) mass is 280 g/mol. The van der Waals surface area contributed by atoms with Crippen LogP contribution in [0, 0.1) is 0 Å². The van der Waals surface area contributed by atoms with Crippen LogP contribution in [-0.2, 0) is 9.47 Å². The van der Waals surface area contributed by atoms with Crippen molar-refractivity contribution >= 4 is 11.7 Å². The highest BCUT2D eigenvalue weighted by molar-refractivity contribution is 5.89. The summed E-state index contributed by atoms with van der Waals surface area (Å²) in [7, 11) is 3.28. The molecule has 0 aromatic heterocycles. The number of nitrogens with one attached hydrogen (secondary N) is 2. The van der Waals surface area contributed by atoms with Crippen LogP contribution in [0.25, 0.3) is 0 Å². The molecule has 20 heavy (non-hydrogen) atoms. The SMILES string of the molecule is CCC(COC)NC(=O)Nc1cccc(C(C)OC)c1. The van der Waals surface area contributed by atoms with Crippen LogP contribution in [0.5, 0.6) is 0 Å². The Bertz CT molecular complexity index is 423. The minimum Gasteiger partial charge on any atom is -0.383 e. The van der Waals surface area contributed by atoms with Crippen molar-refractivity contribution in [3.05, 3.63) is 29.8 Å². The first-order chi connectivity index (χ1) is 9.60. The largest absolute Gasteiger partial charge is 0.383 e. The Hall–Kier alpha value is -1.59. The minimum absolute atomic E-state index is 0.00306. The molecule has 0 aliphatic carbocycles. The Kier molecular flexibility index (Phi) is 7.04. The van der Waals surface area contributed by atoms with Gasteiger partial charge in [-0.1, -0.05) is 19.1 Å². The van der Waals surface area contributed by atoms with Gasteiger partial charge in [0.15, 0.2) is 0 Å². The first-order valence-corrected chi connectivity index (χ1v) is 6.79. The summed E-state index contributed by atoms with van der Waals surface area (Å²) in [5.74, 6) is 0.